The molecule has 1 aliphatic rings. The number of esters is 1. The lowest BCUT2D eigenvalue weighted by Crippen LogP contribution is -2.34. The van der Waals surface area contributed by atoms with Crippen LogP contribution in [0.1, 0.15) is 36.7 Å². The molecule has 0 fully saturated rings. The summed E-state index contributed by atoms with van der Waals surface area (Å²) in [6.07, 6.45) is -0.473. The molecule has 114 valence electrons. The van der Waals surface area contributed by atoms with Gasteiger partial charge in [0, 0.05) is 5.56 Å². The van der Waals surface area contributed by atoms with Gasteiger partial charge in [-0.2, -0.15) is 0 Å². The second-order valence-corrected chi connectivity index (χ2v) is 5.67. The molecule has 1 aliphatic heterocycles. The predicted octanol–water partition coefficient (Wildman–Crippen LogP) is 2.26. The van der Waals surface area contributed by atoms with Gasteiger partial charge in [0.05, 0.1) is 12.1 Å². The number of hydrogen-bond donors (Lipinski definition) is 1. The molecule has 0 spiro atoms. The monoisotopic (exact) mass is 293 g/mol. The molecule has 0 bridgehead atoms. The number of rotatable bonds is 4. The van der Waals surface area contributed by atoms with Crippen molar-refractivity contribution < 1.29 is 23.8 Å². The van der Waals surface area contributed by atoms with Crippen LogP contribution in [0.25, 0.3) is 0 Å². The molecule has 1 aromatic rings. The Morgan fingerprint density at radius 3 is 2.86 bits per heavy atom. The van der Waals surface area contributed by atoms with Crippen LogP contribution in [0.2, 0.25) is 0 Å². The Morgan fingerprint density at radius 2 is 2.14 bits per heavy atom. The van der Waals surface area contributed by atoms with Gasteiger partial charge < -0.3 is 19.5 Å². The fourth-order valence-corrected chi connectivity index (χ4v) is 1.84. The SMILES string of the molecule is CC(C)(C)OC(=O)NCCOc1ccc2c(c1)COC2=O. The summed E-state index contributed by atoms with van der Waals surface area (Å²) in [6, 6.07) is 5.16. The van der Waals surface area contributed by atoms with Crippen molar-refractivity contribution in [2.45, 2.75) is 33.0 Å². The molecule has 6 nitrogen and oxygen atoms in total. The van der Waals surface area contributed by atoms with E-state index in [1.807, 2.05) is 0 Å². The number of nitrogens with one attached hydrogen (secondary N) is 1. The van der Waals surface area contributed by atoms with Crippen LogP contribution >= 0.6 is 0 Å². The van der Waals surface area contributed by atoms with E-state index >= 15 is 0 Å². The first kappa shape index (κ1) is 15.2. The topological polar surface area (TPSA) is 73.9 Å². The van der Waals surface area contributed by atoms with Gasteiger partial charge in [0.1, 0.15) is 24.6 Å². The summed E-state index contributed by atoms with van der Waals surface area (Å²) >= 11 is 0. The van der Waals surface area contributed by atoms with E-state index in [4.69, 9.17) is 14.2 Å². The van der Waals surface area contributed by atoms with Crippen molar-refractivity contribution in [3.8, 4) is 5.75 Å². The zero-order valence-electron chi connectivity index (χ0n) is 12.4. The van der Waals surface area contributed by atoms with Gasteiger partial charge in [-0.25, -0.2) is 9.59 Å². The van der Waals surface area contributed by atoms with Crippen molar-refractivity contribution in [1.29, 1.82) is 0 Å². The van der Waals surface area contributed by atoms with Crippen LogP contribution in [0, 0.1) is 0 Å². The molecule has 0 saturated carbocycles. The van der Waals surface area contributed by atoms with E-state index in [1.165, 1.54) is 0 Å². The smallest absolute Gasteiger partial charge is 0.407 e. The molecule has 1 heterocycles. The molecule has 0 atom stereocenters. The maximum atomic E-state index is 11.4. The van der Waals surface area contributed by atoms with Crippen molar-refractivity contribution >= 4 is 12.1 Å². The van der Waals surface area contributed by atoms with E-state index < -0.39 is 11.7 Å². The number of alkyl carbamates (subject to hydrolysis) is 1. The number of ether oxygens (including phenoxy) is 3. The minimum Gasteiger partial charge on any atom is -0.492 e. The number of amides is 1. The van der Waals surface area contributed by atoms with Crippen LogP contribution < -0.4 is 10.1 Å². The number of hydrogen-bond acceptors (Lipinski definition) is 5. The van der Waals surface area contributed by atoms with Crippen molar-refractivity contribution in [1.82, 2.24) is 5.32 Å². The first-order chi connectivity index (χ1) is 9.85. The molecule has 0 unspecified atom stereocenters. The first-order valence-electron chi connectivity index (χ1n) is 6.75. The average molecular weight is 293 g/mol. The second-order valence-electron chi connectivity index (χ2n) is 5.67. The fourth-order valence-electron chi connectivity index (χ4n) is 1.84. The maximum absolute atomic E-state index is 11.4. The highest BCUT2D eigenvalue weighted by atomic mass is 16.6. The number of benzene rings is 1. The van der Waals surface area contributed by atoms with Crippen LogP contribution in [0.3, 0.4) is 0 Å². The molecule has 21 heavy (non-hydrogen) atoms. The molecule has 0 radical (unpaired) electrons. The standard InChI is InChI=1S/C15H19NO5/c1-15(2,3)21-14(18)16-6-7-19-11-4-5-12-10(8-11)9-20-13(12)17/h4-5,8H,6-7,9H2,1-3H3,(H,16,18). The van der Waals surface area contributed by atoms with E-state index in [1.54, 1.807) is 39.0 Å². The third kappa shape index (κ3) is 4.37. The zero-order valence-corrected chi connectivity index (χ0v) is 12.4. The maximum Gasteiger partial charge on any atom is 0.407 e. The fraction of sp³-hybridized carbons (Fsp3) is 0.467. The minimum atomic E-state index is -0.516. The first-order valence-corrected chi connectivity index (χ1v) is 6.75. The normalized spacial score (nSPS) is 13.4. The summed E-state index contributed by atoms with van der Waals surface area (Å²) in [5.41, 5.74) is 0.879. The van der Waals surface area contributed by atoms with Crippen LogP contribution in [0.5, 0.6) is 5.75 Å². The van der Waals surface area contributed by atoms with Gasteiger partial charge in [-0.1, -0.05) is 0 Å². The van der Waals surface area contributed by atoms with Crippen LogP contribution in [0.4, 0.5) is 4.79 Å². The van der Waals surface area contributed by atoms with Crippen LogP contribution in [-0.4, -0.2) is 30.8 Å². The summed E-state index contributed by atoms with van der Waals surface area (Å²) in [5, 5.41) is 2.60. The largest absolute Gasteiger partial charge is 0.492 e. The Kier molecular flexibility index (Phi) is 4.35. The lowest BCUT2D eigenvalue weighted by atomic mass is 10.1. The van der Waals surface area contributed by atoms with E-state index in [0.717, 1.165) is 5.56 Å². The lowest BCUT2D eigenvalue weighted by Gasteiger charge is -2.19. The highest BCUT2D eigenvalue weighted by Gasteiger charge is 2.21. The van der Waals surface area contributed by atoms with Crippen molar-refractivity contribution in [2.75, 3.05) is 13.2 Å². The van der Waals surface area contributed by atoms with Crippen LogP contribution in [0.15, 0.2) is 18.2 Å². The van der Waals surface area contributed by atoms with E-state index in [0.29, 0.717) is 24.5 Å². The highest BCUT2D eigenvalue weighted by Crippen LogP contribution is 2.24. The van der Waals surface area contributed by atoms with E-state index in [9.17, 15) is 9.59 Å². The third-order valence-electron chi connectivity index (χ3n) is 2.69. The number of cyclic esters (lactones) is 1. The summed E-state index contributed by atoms with van der Waals surface area (Å²) in [4.78, 5) is 22.7. The Bertz CT molecular complexity index is 547. The Hall–Kier alpha value is -2.24. The van der Waals surface area contributed by atoms with Gasteiger partial charge >= 0.3 is 12.1 Å². The minimum absolute atomic E-state index is 0.279. The van der Waals surface area contributed by atoms with Gasteiger partial charge in [-0.3, -0.25) is 0 Å². The summed E-state index contributed by atoms with van der Waals surface area (Å²) in [5.74, 6) is 0.334. The van der Waals surface area contributed by atoms with Gasteiger partial charge in [0.15, 0.2) is 0 Å². The molecule has 0 saturated heterocycles. The van der Waals surface area contributed by atoms with Crippen LogP contribution in [-0.2, 0) is 16.1 Å². The highest BCUT2D eigenvalue weighted by molar-refractivity contribution is 5.93. The molecular formula is C15H19NO5. The Balaban J connectivity index is 1.75. The van der Waals surface area contributed by atoms with E-state index in [-0.39, 0.29) is 12.6 Å². The second kappa shape index (κ2) is 6.03. The zero-order chi connectivity index (χ0) is 15.5. The summed E-state index contributed by atoms with van der Waals surface area (Å²) in [7, 11) is 0. The quantitative estimate of drug-likeness (QED) is 0.681. The van der Waals surface area contributed by atoms with Gasteiger partial charge in [0.2, 0.25) is 0 Å². The number of carbonyl (C=O) groups excluding carboxylic acids is 2. The molecule has 1 aromatic carbocycles. The Labute approximate surface area is 123 Å². The summed E-state index contributed by atoms with van der Waals surface area (Å²) in [6.45, 7) is 6.33. The van der Waals surface area contributed by atoms with E-state index in [2.05, 4.69) is 5.32 Å². The third-order valence-corrected chi connectivity index (χ3v) is 2.69. The molecule has 1 N–H and O–H groups in total. The lowest BCUT2D eigenvalue weighted by molar-refractivity contribution is 0.0516. The summed E-state index contributed by atoms with van der Waals surface area (Å²) < 4.78 is 15.5. The predicted molar refractivity (Wildman–Crippen MR) is 75.3 cm³/mol. The molecule has 2 rings (SSSR count). The molecule has 1 amide bonds. The molecule has 0 aliphatic carbocycles. The van der Waals surface area contributed by atoms with Gasteiger partial charge in [0.25, 0.3) is 0 Å². The molecular weight excluding hydrogens is 274 g/mol. The average Bonchev–Trinajstić information content (AvgIpc) is 2.74. The van der Waals surface area contributed by atoms with Crippen molar-refractivity contribution in [3.63, 3.8) is 0 Å². The van der Waals surface area contributed by atoms with Gasteiger partial charge in [-0.05, 0) is 39.0 Å². The van der Waals surface area contributed by atoms with Crippen molar-refractivity contribution in [3.05, 3.63) is 29.3 Å². The number of fused-ring (bicyclic) bond motifs is 1. The van der Waals surface area contributed by atoms with Gasteiger partial charge in [-0.15, -0.1) is 0 Å². The molecule has 0 aromatic heterocycles. The Morgan fingerprint density at radius 1 is 1.38 bits per heavy atom. The van der Waals surface area contributed by atoms with Crippen molar-refractivity contribution in [2.24, 2.45) is 0 Å². The number of carbonyl (C=O) groups is 2. The molecule has 6 heteroatoms.